The van der Waals surface area contributed by atoms with Gasteiger partial charge in [-0.05, 0) is 44.6 Å². The Morgan fingerprint density at radius 2 is 2.11 bits per heavy atom. The van der Waals surface area contributed by atoms with E-state index < -0.39 is 5.54 Å². The minimum absolute atomic E-state index is 0.220. The maximum atomic E-state index is 11.7. The highest BCUT2D eigenvalue weighted by molar-refractivity contribution is 5.84. The van der Waals surface area contributed by atoms with Gasteiger partial charge < -0.3 is 10.6 Å². The van der Waals surface area contributed by atoms with E-state index in [1.54, 1.807) is 0 Å². The lowest BCUT2D eigenvalue weighted by Gasteiger charge is -2.32. The van der Waals surface area contributed by atoms with Crippen LogP contribution in [0.5, 0.6) is 0 Å². The number of primary amides is 1. The fourth-order valence-electron chi connectivity index (χ4n) is 2.87. The third-order valence-electron chi connectivity index (χ3n) is 4.44. The molecule has 2 rings (SSSR count). The predicted octanol–water partition coefficient (Wildman–Crippen LogP) is 0.960. The highest BCUT2D eigenvalue weighted by atomic mass is 16.1. The third kappa shape index (κ3) is 3.23. The first-order chi connectivity index (χ1) is 8.40. The summed E-state index contributed by atoms with van der Waals surface area (Å²) in [4.78, 5) is 14.1. The normalized spacial score (nSPS) is 28.6. The average Bonchev–Trinajstić information content (AvgIpc) is 2.94. The van der Waals surface area contributed by atoms with Gasteiger partial charge in [-0.15, -0.1) is 0 Å². The van der Waals surface area contributed by atoms with E-state index in [1.165, 1.54) is 19.3 Å². The Labute approximate surface area is 110 Å². The van der Waals surface area contributed by atoms with Crippen molar-refractivity contribution in [1.29, 1.82) is 0 Å². The van der Waals surface area contributed by atoms with E-state index >= 15 is 0 Å². The molecule has 1 saturated heterocycles. The number of nitrogens with two attached hydrogens (primary N) is 1. The van der Waals surface area contributed by atoms with Crippen LogP contribution in [0.4, 0.5) is 0 Å². The molecule has 2 fully saturated rings. The lowest BCUT2D eigenvalue weighted by atomic mass is 9.95. The molecule has 1 amide bonds. The number of rotatable bonds is 6. The lowest BCUT2D eigenvalue weighted by molar-refractivity contribution is -0.124. The van der Waals surface area contributed by atoms with Crippen molar-refractivity contribution >= 4 is 5.91 Å². The molecular formula is C14H27N3O. The first kappa shape index (κ1) is 13.8. The van der Waals surface area contributed by atoms with E-state index in [2.05, 4.69) is 24.1 Å². The van der Waals surface area contributed by atoms with Crippen LogP contribution in [0.3, 0.4) is 0 Å². The minimum Gasteiger partial charge on any atom is -0.368 e. The molecule has 2 unspecified atom stereocenters. The van der Waals surface area contributed by atoms with Crippen LogP contribution in [0.25, 0.3) is 0 Å². The maximum absolute atomic E-state index is 11.7. The van der Waals surface area contributed by atoms with Crippen LogP contribution in [-0.4, -0.2) is 42.0 Å². The number of hydrogen-bond acceptors (Lipinski definition) is 3. The summed E-state index contributed by atoms with van der Waals surface area (Å²) in [5.74, 6) is 1.27. The summed E-state index contributed by atoms with van der Waals surface area (Å²) in [6.07, 6.45) is 3.60. The molecule has 18 heavy (non-hydrogen) atoms. The van der Waals surface area contributed by atoms with E-state index in [4.69, 9.17) is 5.73 Å². The molecular weight excluding hydrogens is 226 g/mol. The number of carbonyl (C=O) groups is 1. The van der Waals surface area contributed by atoms with Crippen molar-refractivity contribution < 1.29 is 4.79 Å². The van der Waals surface area contributed by atoms with Crippen molar-refractivity contribution in [2.45, 2.75) is 51.6 Å². The summed E-state index contributed by atoms with van der Waals surface area (Å²) >= 11 is 0. The van der Waals surface area contributed by atoms with Crippen LogP contribution in [0, 0.1) is 11.8 Å². The Morgan fingerprint density at radius 3 is 2.56 bits per heavy atom. The van der Waals surface area contributed by atoms with Gasteiger partial charge in [0.25, 0.3) is 0 Å². The van der Waals surface area contributed by atoms with Crippen molar-refractivity contribution in [3.63, 3.8) is 0 Å². The predicted molar refractivity (Wildman–Crippen MR) is 73.1 cm³/mol. The van der Waals surface area contributed by atoms with Crippen LogP contribution in [0.2, 0.25) is 0 Å². The highest BCUT2D eigenvalue weighted by Crippen LogP contribution is 2.27. The second kappa shape index (κ2) is 5.17. The smallest absolute Gasteiger partial charge is 0.238 e. The van der Waals surface area contributed by atoms with Gasteiger partial charge in [-0.25, -0.2) is 0 Å². The summed E-state index contributed by atoms with van der Waals surface area (Å²) in [5, 5.41) is 3.42. The van der Waals surface area contributed by atoms with Gasteiger partial charge >= 0.3 is 0 Å². The number of hydrogen-bond donors (Lipinski definition) is 2. The van der Waals surface area contributed by atoms with Gasteiger partial charge in [-0.3, -0.25) is 10.1 Å². The van der Waals surface area contributed by atoms with E-state index in [0.717, 1.165) is 31.5 Å². The molecule has 1 heterocycles. The number of likely N-dealkylation sites (tertiary alicyclic amines) is 1. The topological polar surface area (TPSA) is 58.4 Å². The highest BCUT2D eigenvalue weighted by Gasteiger charge is 2.39. The van der Waals surface area contributed by atoms with Crippen LogP contribution in [0.15, 0.2) is 0 Å². The van der Waals surface area contributed by atoms with E-state index in [9.17, 15) is 4.79 Å². The quantitative estimate of drug-likeness (QED) is 0.741. The molecule has 104 valence electrons. The molecule has 0 spiro atoms. The summed E-state index contributed by atoms with van der Waals surface area (Å²) in [6, 6.07) is 0.506. The Morgan fingerprint density at radius 1 is 1.44 bits per heavy atom. The molecule has 2 aliphatic rings. The van der Waals surface area contributed by atoms with Gasteiger partial charge in [-0.2, -0.15) is 0 Å². The third-order valence-corrected chi connectivity index (χ3v) is 4.44. The van der Waals surface area contributed by atoms with Crippen LogP contribution < -0.4 is 11.1 Å². The van der Waals surface area contributed by atoms with Gasteiger partial charge in [0.05, 0.1) is 0 Å². The fourth-order valence-corrected chi connectivity index (χ4v) is 2.87. The molecule has 4 heteroatoms. The van der Waals surface area contributed by atoms with Crippen molar-refractivity contribution in [3.05, 3.63) is 0 Å². The zero-order valence-corrected chi connectivity index (χ0v) is 11.9. The largest absolute Gasteiger partial charge is 0.368 e. The molecule has 0 aromatic heterocycles. The Kier molecular flexibility index (Phi) is 3.97. The molecule has 0 bridgehead atoms. The molecule has 4 nitrogen and oxygen atoms in total. The van der Waals surface area contributed by atoms with Crippen LogP contribution in [0.1, 0.15) is 40.0 Å². The molecule has 1 saturated carbocycles. The van der Waals surface area contributed by atoms with Gasteiger partial charge in [0, 0.05) is 19.1 Å². The van der Waals surface area contributed by atoms with E-state index in [0.29, 0.717) is 6.04 Å². The lowest BCUT2D eigenvalue weighted by Crippen LogP contribution is -2.60. The second-order valence-corrected chi connectivity index (χ2v) is 6.64. The standard InChI is InChI=1S/C14H27N3O/c1-10(2)11-6-7-17(8-11)9-14(3,13(15)18)16-12-4-5-12/h10-12,16H,4-9H2,1-3H3,(H2,15,18). The Hall–Kier alpha value is -0.610. The van der Waals surface area contributed by atoms with Gasteiger partial charge in [0.1, 0.15) is 5.54 Å². The zero-order valence-electron chi connectivity index (χ0n) is 11.9. The molecule has 3 N–H and O–H groups in total. The monoisotopic (exact) mass is 253 g/mol. The van der Waals surface area contributed by atoms with Crippen LogP contribution >= 0.6 is 0 Å². The number of nitrogens with zero attached hydrogens (tertiary/aromatic N) is 1. The first-order valence-electron chi connectivity index (χ1n) is 7.20. The molecule has 0 aromatic carbocycles. The van der Waals surface area contributed by atoms with Crippen molar-refractivity contribution in [1.82, 2.24) is 10.2 Å². The molecule has 1 aliphatic carbocycles. The summed E-state index contributed by atoms with van der Waals surface area (Å²) < 4.78 is 0. The number of carbonyl (C=O) groups excluding carboxylic acids is 1. The molecule has 0 aromatic rings. The van der Waals surface area contributed by atoms with Gasteiger partial charge in [-0.1, -0.05) is 13.8 Å². The van der Waals surface area contributed by atoms with Gasteiger partial charge in [0.15, 0.2) is 0 Å². The van der Waals surface area contributed by atoms with Crippen molar-refractivity contribution in [3.8, 4) is 0 Å². The summed E-state index contributed by atoms with van der Waals surface area (Å²) in [7, 11) is 0. The van der Waals surface area contributed by atoms with Crippen molar-refractivity contribution in [2.75, 3.05) is 19.6 Å². The first-order valence-corrected chi connectivity index (χ1v) is 7.20. The Balaban J connectivity index is 1.91. The van der Waals surface area contributed by atoms with Gasteiger partial charge in [0.2, 0.25) is 5.91 Å². The summed E-state index contributed by atoms with van der Waals surface area (Å²) in [6.45, 7) is 9.47. The SMILES string of the molecule is CC(C)C1CCN(CC(C)(NC2CC2)C(N)=O)C1. The average molecular weight is 253 g/mol. The van der Waals surface area contributed by atoms with Crippen LogP contribution in [-0.2, 0) is 4.79 Å². The Bertz CT molecular complexity index is 314. The van der Waals surface area contributed by atoms with E-state index in [1.807, 2.05) is 6.92 Å². The molecule has 2 atom stereocenters. The summed E-state index contributed by atoms with van der Waals surface area (Å²) in [5.41, 5.74) is 5.03. The van der Waals surface area contributed by atoms with E-state index in [-0.39, 0.29) is 5.91 Å². The molecule has 1 aliphatic heterocycles. The number of amides is 1. The minimum atomic E-state index is -0.562. The number of nitrogens with one attached hydrogen (secondary N) is 1. The molecule has 0 radical (unpaired) electrons. The van der Waals surface area contributed by atoms with Crippen molar-refractivity contribution in [2.24, 2.45) is 17.6 Å². The zero-order chi connectivity index (χ0) is 13.3. The second-order valence-electron chi connectivity index (χ2n) is 6.64. The fraction of sp³-hybridized carbons (Fsp3) is 0.929. The maximum Gasteiger partial charge on any atom is 0.238 e.